The summed E-state index contributed by atoms with van der Waals surface area (Å²) >= 11 is 0. The van der Waals surface area contributed by atoms with E-state index in [4.69, 9.17) is 4.84 Å². The fourth-order valence-corrected chi connectivity index (χ4v) is 2.66. The van der Waals surface area contributed by atoms with Crippen molar-refractivity contribution in [3.63, 3.8) is 0 Å². The van der Waals surface area contributed by atoms with Crippen molar-refractivity contribution in [1.82, 2.24) is 19.5 Å². The van der Waals surface area contributed by atoms with Gasteiger partial charge in [0.1, 0.15) is 6.04 Å². The first kappa shape index (κ1) is 13.6. The third-order valence-electron chi connectivity index (χ3n) is 3.65. The zero-order chi connectivity index (χ0) is 15.0. The molecule has 1 aromatic heterocycles. The van der Waals surface area contributed by atoms with E-state index in [2.05, 4.69) is 11.6 Å². The van der Waals surface area contributed by atoms with Crippen LogP contribution in [-0.2, 0) is 11.9 Å². The molecule has 0 saturated carbocycles. The summed E-state index contributed by atoms with van der Waals surface area (Å²) in [5.41, 5.74) is 1.36. The molecular formula is C14H16N4O3. The minimum absolute atomic E-state index is 0.160. The molecule has 1 saturated heterocycles. The number of carbonyl (C=O) groups excluding carboxylic acids is 1. The van der Waals surface area contributed by atoms with Gasteiger partial charge < -0.3 is 9.47 Å². The number of hydrogen-bond acceptors (Lipinski definition) is 4. The lowest BCUT2D eigenvalue weighted by Crippen LogP contribution is -2.35. The van der Waals surface area contributed by atoms with Gasteiger partial charge in [0.25, 0.3) is 5.56 Å². The Labute approximate surface area is 121 Å². The molecule has 0 spiro atoms. The number of carbonyl (C=O) groups is 1. The van der Waals surface area contributed by atoms with Crippen molar-refractivity contribution in [2.24, 2.45) is 7.05 Å². The highest BCUT2D eigenvalue weighted by molar-refractivity contribution is 5.84. The van der Waals surface area contributed by atoms with Crippen molar-refractivity contribution in [2.45, 2.75) is 6.04 Å². The molecule has 1 aromatic rings. The number of hydrogen-bond donors (Lipinski definition) is 0. The number of rotatable bonds is 4. The van der Waals surface area contributed by atoms with Gasteiger partial charge in [-0.05, 0) is 0 Å². The number of amides is 2. The van der Waals surface area contributed by atoms with Crippen molar-refractivity contribution >= 4 is 11.6 Å². The molecule has 110 valence electrons. The van der Waals surface area contributed by atoms with Crippen LogP contribution in [0.3, 0.4) is 0 Å². The summed E-state index contributed by atoms with van der Waals surface area (Å²) in [7, 11) is 1.82. The van der Waals surface area contributed by atoms with E-state index in [1.807, 2.05) is 13.1 Å². The summed E-state index contributed by atoms with van der Waals surface area (Å²) in [5.74, 6) is 0. The Morgan fingerprint density at radius 3 is 3.10 bits per heavy atom. The maximum absolute atomic E-state index is 12.2. The van der Waals surface area contributed by atoms with Crippen molar-refractivity contribution in [1.29, 1.82) is 0 Å². The van der Waals surface area contributed by atoms with Crippen LogP contribution in [0.2, 0.25) is 0 Å². The van der Waals surface area contributed by atoms with Crippen molar-refractivity contribution in [2.75, 3.05) is 19.7 Å². The fraction of sp³-hybridized carbons (Fsp3) is 0.357. The Bertz CT molecular complexity index is 679. The van der Waals surface area contributed by atoms with Crippen LogP contribution in [0.15, 0.2) is 35.9 Å². The number of fused-ring (bicyclic) bond motifs is 2. The van der Waals surface area contributed by atoms with E-state index >= 15 is 0 Å². The monoisotopic (exact) mass is 288 g/mol. The molecule has 0 radical (unpaired) electrons. The van der Waals surface area contributed by atoms with Crippen LogP contribution in [-0.4, -0.2) is 51.3 Å². The molecular weight excluding hydrogens is 272 g/mol. The summed E-state index contributed by atoms with van der Waals surface area (Å²) in [5, 5.41) is 1.37. The smallest absolute Gasteiger partial charge is 0.335 e. The van der Waals surface area contributed by atoms with Gasteiger partial charge in [0.15, 0.2) is 0 Å². The fourth-order valence-electron chi connectivity index (χ4n) is 2.66. The van der Waals surface area contributed by atoms with Crippen LogP contribution in [0.1, 0.15) is 5.69 Å². The van der Waals surface area contributed by atoms with E-state index in [0.29, 0.717) is 13.1 Å². The molecule has 0 aromatic carbocycles. The average molecular weight is 288 g/mol. The van der Waals surface area contributed by atoms with Crippen LogP contribution in [0.4, 0.5) is 4.79 Å². The summed E-state index contributed by atoms with van der Waals surface area (Å²) in [6.07, 6.45) is 5.03. The number of aryl methyl sites for hydroxylation is 1. The predicted molar refractivity (Wildman–Crippen MR) is 76.2 cm³/mol. The summed E-state index contributed by atoms with van der Waals surface area (Å²) < 4.78 is 1.78. The van der Waals surface area contributed by atoms with Gasteiger partial charge in [0.2, 0.25) is 0 Å². The number of urea groups is 1. The zero-order valence-corrected chi connectivity index (χ0v) is 11.7. The van der Waals surface area contributed by atoms with Crippen molar-refractivity contribution in [3.8, 4) is 0 Å². The highest BCUT2D eigenvalue weighted by Crippen LogP contribution is 2.31. The van der Waals surface area contributed by atoms with E-state index < -0.39 is 0 Å². The first-order valence-corrected chi connectivity index (χ1v) is 6.67. The second kappa shape index (κ2) is 5.17. The lowest BCUT2D eigenvalue weighted by Gasteiger charge is -2.25. The number of aromatic nitrogens is 2. The highest BCUT2D eigenvalue weighted by atomic mass is 16.7. The maximum Gasteiger partial charge on any atom is 0.344 e. The molecule has 2 aliphatic rings. The summed E-state index contributed by atoms with van der Waals surface area (Å²) in [6.45, 7) is 4.92. The topological polar surface area (TPSA) is 67.7 Å². The molecule has 1 fully saturated rings. The van der Waals surface area contributed by atoms with Crippen LogP contribution in [0.5, 0.6) is 0 Å². The summed E-state index contributed by atoms with van der Waals surface area (Å²) in [6, 6.07) is 1.10. The van der Waals surface area contributed by atoms with Crippen LogP contribution in [0.25, 0.3) is 5.57 Å². The maximum atomic E-state index is 12.2. The number of nitrogens with zero attached hydrogens (tertiary/aromatic N) is 4. The largest absolute Gasteiger partial charge is 0.344 e. The van der Waals surface area contributed by atoms with E-state index in [0.717, 1.165) is 11.3 Å². The second-order valence-electron chi connectivity index (χ2n) is 5.00. The Morgan fingerprint density at radius 2 is 2.33 bits per heavy atom. The molecule has 0 N–H and O–H groups in total. The molecule has 2 bridgehead atoms. The second-order valence-corrected chi connectivity index (χ2v) is 5.00. The van der Waals surface area contributed by atoms with Gasteiger partial charge in [-0.1, -0.05) is 12.2 Å². The molecule has 3 heterocycles. The Kier molecular flexibility index (Phi) is 3.34. The van der Waals surface area contributed by atoms with Crippen LogP contribution in [0, 0.1) is 0 Å². The van der Waals surface area contributed by atoms with Gasteiger partial charge in [0, 0.05) is 25.2 Å². The molecule has 1 atom stereocenters. The molecule has 1 unspecified atom stereocenters. The van der Waals surface area contributed by atoms with Crippen LogP contribution < -0.4 is 5.56 Å². The summed E-state index contributed by atoms with van der Waals surface area (Å²) in [4.78, 5) is 34.6. The third-order valence-corrected chi connectivity index (χ3v) is 3.65. The lowest BCUT2D eigenvalue weighted by molar-refractivity contribution is -0.105. The van der Waals surface area contributed by atoms with Gasteiger partial charge in [-0.3, -0.25) is 9.63 Å². The van der Waals surface area contributed by atoms with Gasteiger partial charge in [-0.2, -0.15) is 10.0 Å². The first-order chi connectivity index (χ1) is 10.1. The normalized spacial score (nSPS) is 20.7. The highest BCUT2D eigenvalue weighted by Gasteiger charge is 2.43. The van der Waals surface area contributed by atoms with E-state index in [9.17, 15) is 9.59 Å². The molecule has 2 aliphatic heterocycles. The van der Waals surface area contributed by atoms with Crippen molar-refractivity contribution < 1.29 is 9.63 Å². The van der Waals surface area contributed by atoms with Gasteiger partial charge in [-0.25, -0.2) is 4.79 Å². The predicted octanol–water partition coefficient (Wildman–Crippen LogP) is 0.401. The van der Waals surface area contributed by atoms with Gasteiger partial charge >= 0.3 is 6.03 Å². The molecule has 3 rings (SSSR count). The van der Waals surface area contributed by atoms with E-state index in [-0.39, 0.29) is 24.2 Å². The molecule has 7 heteroatoms. The lowest BCUT2D eigenvalue weighted by atomic mass is 10.0. The Hall–Kier alpha value is -2.41. The SMILES string of the molecule is C=CCON1C(=O)N2CC=C(c3cc(=O)ncn3C)C1C2. The Morgan fingerprint density at radius 1 is 1.52 bits per heavy atom. The molecule has 7 nitrogen and oxygen atoms in total. The average Bonchev–Trinajstić information content (AvgIpc) is 2.72. The standard InChI is InChI=1S/C14H16N4O3/c1-3-6-21-18-12-8-17(14(18)20)5-4-10(12)11-7-13(19)15-9-16(11)2/h3-4,7,9,12H,1,5-6,8H2,2H3. The quantitative estimate of drug-likeness (QED) is 0.752. The molecule has 2 amide bonds. The van der Waals surface area contributed by atoms with Crippen molar-refractivity contribution in [3.05, 3.63) is 47.2 Å². The zero-order valence-electron chi connectivity index (χ0n) is 11.7. The minimum atomic E-state index is -0.297. The van der Waals surface area contributed by atoms with Crippen LogP contribution >= 0.6 is 0 Å². The van der Waals surface area contributed by atoms with E-state index in [1.54, 1.807) is 15.5 Å². The van der Waals surface area contributed by atoms with E-state index in [1.165, 1.54) is 17.5 Å². The molecule has 0 aliphatic carbocycles. The Balaban J connectivity index is 1.98. The minimum Gasteiger partial charge on any atom is -0.335 e. The number of hydroxylamine groups is 2. The molecule has 21 heavy (non-hydrogen) atoms. The third kappa shape index (κ3) is 2.25. The van der Waals surface area contributed by atoms with Gasteiger partial charge in [0.05, 0.1) is 25.2 Å². The first-order valence-electron chi connectivity index (χ1n) is 6.67. The van der Waals surface area contributed by atoms with Gasteiger partial charge in [-0.15, -0.1) is 6.58 Å².